The molecule has 0 radical (unpaired) electrons. The monoisotopic (exact) mass is 213 g/mol. The van der Waals surface area contributed by atoms with Crippen LogP contribution in [0.2, 0.25) is 0 Å². The molecular formula is C10H15NO2S. The third kappa shape index (κ3) is 1.59. The van der Waals surface area contributed by atoms with E-state index in [1.54, 1.807) is 6.26 Å². The van der Waals surface area contributed by atoms with Gasteiger partial charge < -0.3 is 4.74 Å². The first-order chi connectivity index (χ1) is 6.66. The minimum atomic E-state index is -0.798. The molecule has 0 spiro atoms. The Labute approximate surface area is 86.9 Å². The third-order valence-electron chi connectivity index (χ3n) is 3.37. The lowest BCUT2D eigenvalue weighted by atomic mass is 9.73. The van der Waals surface area contributed by atoms with E-state index in [0.29, 0.717) is 11.9 Å². The van der Waals surface area contributed by atoms with Gasteiger partial charge in [0.15, 0.2) is 0 Å². The van der Waals surface area contributed by atoms with Crippen molar-refractivity contribution in [2.75, 3.05) is 12.0 Å². The van der Waals surface area contributed by atoms with E-state index in [1.165, 1.54) is 0 Å². The van der Waals surface area contributed by atoms with Crippen molar-refractivity contribution in [3.63, 3.8) is 0 Å². The Morgan fingerprint density at radius 2 is 2.43 bits per heavy atom. The second-order valence-electron chi connectivity index (χ2n) is 4.32. The van der Waals surface area contributed by atoms with E-state index in [2.05, 4.69) is 6.07 Å². The minimum Gasteiger partial charge on any atom is -0.373 e. The Kier molecular flexibility index (Phi) is 2.63. The van der Waals surface area contributed by atoms with Crippen LogP contribution in [0, 0.1) is 16.7 Å². The van der Waals surface area contributed by atoms with Gasteiger partial charge in [-0.15, -0.1) is 0 Å². The van der Waals surface area contributed by atoms with Crippen molar-refractivity contribution in [3.05, 3.63) is 0 Å². The number of nitrogens with zero attached hydrogens (tertiary/aromatic N) is 1. The summed E-state index contributed by atoms with van der Waals surface area (Å²) in [4.78, 5) is 0. The van der Waals surface area contributed by atoms with Crippen molar-refractivity contribution < 1.29 is 8.95 Å². The van der Waals surface area contributed by atoms with Gasteiger partial charge in [0, 0.05) is 22.8 Å². The fraction of sp³-hybridized carbons (Fsp3) is 0.900. The van der Waals surface area contributed by atoms with E-state index < -0.39 is 10.8 Å². The maximum absolute atomic E-state index is 11.0. The standard InChI is InChI=1S/C10H15NO2S/c1-14(12)5-4-10(7-11)6-8-2-3-9(10)13-8/h8-9H,2-6H2,1H3. The molecule has 2 saturated heterocycles. The molecule has 2 fully saturated rings. The molecule has 0 aliphatic carbocycles. The van der Waals surface area contributed by atoms with Gasteiger partial charge in [-0.2, -0.15) is 5.26 Å². The van der Waals surface area contributed by atoms with Crippen LogP contribution in [0.25, 0.3) is 0 Å². The molecule has 4 unspecified atom stereocenters. The largest absolute Gasteiger partial charge is 0.373 e. The zero-order valence-electron chi connectivity index (χ0n) is 8.36. The summed E-state index contributed by atoms with van der Waals surface area (Å²) < 4.78 is 16.7. The second kappa shape index (κ2) is 3.63. The van der Waals surface area contributed by atoms with Gasteiger partial charge in [-0.05, 0) is 25.7 Å². The number of nitriles is 1. The summed E-state index contributed by atoms with van der Waals surface area (Å²) in [6, 6.07) is 2.40. The van der Waals surface area contributed by atoms with Crippen LogP contribution < -0.4 is 0 Å². The van der Waals surface area contributed by atoms with Crippen LogP contribution in [0.5, 0.6) is 0 Å². The van der Waals surface area contributed by atoms with Crippen LogP contribution in [0.4, 0.5) is 0 Å². The van der Waals surface area contributed by atoms with Crippen LogP contribution in [0.15, 0.2) is 0 Å². The summed E-state index contributed by atoms with van der Waals surface area (Å²) in [6.45, 7) is 0. The van der Waals surface area contributed by atoms with Crippen LogP contribution in [-0.2, 0) is 15.5 Å². The lowest BCUT2D eigenvalue weighted by Crippen LogP contribution is -2.32. The molecule has 3 nitrogen and oxygen atoms in total. The fourth-order valence-electron chi connectivity index (χ4n) is 2.56. The lowest BCUT2D eigenvalue weighted by Gasteiger charge is -2.27. The highest BCUT2D eigenvalue weighted by Crippen LogP contribution is 2.49. The summed E-state index contributed by atoms with van der Waals surface area (Å²) in [6.07, 6.45) is 5.79. The normalized spacial score (nSPS) is 42.3. The van der Waals surface area contributed by atoms with Gasteiger partial charge in [-0.3, -0.25) is 4.21 Å². The highest BCUT2D eigenvalue weighted by atomic mass is 32.2. The molecule has 4 atom stereocenters. The van der Waals surface area contributed by atoms with E-state index in [0.717, 1.165) is 25.7 Å². The summed E-state index contributed by atoms with van der Waals surface area (Å²) in [7, 11) is -0.798. The van der Waals surface area contributed by atoms with Crippen LogP contribution in [-0.4, -0.2) is 28.4 Å². The molecule has 2 bridgehead atoms. The SMILES string of the molecule is CS(=O)CCC1(C#N)CC2CCC1O2. The average Bonchev–Trinajstić information content (AvgIpc) is 2.74. The van der Waals surface area contributed by atoms with Crippen LogP contribution in [0.1, 0.15) is 25.7 Å². The van der Waals surface area contributed by atoms with Crippen molar-refractivity contribution >= 4 is 10.8 Å². The number of hydrogen-bond donors (Lipinski definition) is 0. The number of ether oxygens (including phenoxy) is 1. The van der Waals surface area contributed by atoms with Gasteiger partial charge >= 0.3 is 0 Å². The second-order valence-corrected chi connectivity index (χ2v) is 5.88. The zero-order chi connectivity index (χ0) is 10.2. The zero-order valence-corrected chi connectivity index (χ0v) is 9.18. The van der Waals surface area contributed by atoms with Gasteiger partial charge in [-0.25, -0.2) is 0 Å². The number of rotatable bonds is 3. The molecule has 2 rings (SSSR count). The van der Waals surface area contributed by atoms with Gasteiger partial charge in [0.05, 0.1) is 23.7 Å². The first-order valence-electron chi connectivity index (χ1n) is 5.03. The molecule has 0 aromatic heterocycles. The maximum Gasteiger partial charge on any atom is 0.0868 e. The maximum atomic E-state index is 11.0. The van der Waals surface area contributed by atoms with Crippen LogP contribution in [0.3, 0.4) is 0 Å². The predicted octanol–water partition coefficient (Wildman–Crippen LogP) is 1.22. The van der Waals surface area contributed by atoms with E-state index >= 15 is 0 Å². The molecule has 2 heterocycles. The minimum absolute atomic E-state index is 0.112. The molecule has 0 aromatic rings. The molecule has 4 heteroatoms. The molecule has 2 aliphatic rings. The Bertz CT molecular complexity index is 299. The molecular weight excluding hydrogens is 198 g/mol. The van der Waals surface area contributed by atoms with E-state index in [4.69, 9.17) is 4.74 Å². The summed E-state index contributed by atoms with van der Waals surface area (Å²) in [5.41, 5.74) is -0.325. The van der Waals surface area contributed by atoms with Crippen molar-refractivity contribution in [3.8, 4) is 6.07 Å². The molecule has 2 aliphatic heterocycles. The van der Waals surface area contributed by atoms with E-state index in [-0.39, 0.29) is 11.5 Å². The van der Waals surface area contributed by atoms with Gasteiger partial charge in [0.2, 0.25) is 0 Å². The topological polar surface area (TPSA) is 50.1 Å². The Morgan fingerprint density at radius 3 is 2.86 bits per heavy atom. The van der Waals surface area contributed by atoms with E-state index in [9.17, 15) is 9.47 Å². The van der Waals surface area contributed by atoms with Gasteiger partial charge in [-0.1, -0.05) is 0 Å². The van der Waals surface area contributed by atoms with Crippen molar-refractivity contribution in [1.29, 1.82) is 5.26 Å². The first-order valence-corrected chi connectivity index (χ1v) is 6.76. The van der Waals surface area contributed by atoms with Gasteiger partial charge in [0.25, 0.3) is 0 Å². The summed E-state index contributed by atoms with van der Waals surface area (Å²) in [5, 5.41) is 9.22. The Balaban J connectivity index is 2.05. The average molecular weight is 213 g/mol. The van der Waals surface area contributed by atoms with Crippen molar-refractivity contribution in [2.24, 2.45) is 5.41 Å². The Morgan fingerprint density at radius 1 is 1.64 bits per heavy atom. The van der Waals surface area contributed by atoms with Crippen LogP contribution >= 0.6 is 0 Å². The van der Waals surface area contributed by atoms with Crippen molar-refractivity contribution in [2.45, 2.75) is 37.9 Å². The van der Waals surface area contributed by atoms with E-state index in [1.807, 2.05) is 0 Å². The Hall–Kier alpha value is -0.400. The fourth-order valence-corrected chi connectivity index (χ4v) is 3.21. The highest BCUT2D eigenvalue weighted by molar-refractivity contribution is 7.84. The number of fused-ring (bicyclic) bond motifs is 2. The third-order valence-corrected chi connectivity index (χ3v) is 4.15. The molecule has 78 valence electrons. The predicted molar refractivity (Wildman–Crippen MR) is 54.1 cm³/mol. The summed E-state index contributed by atoms with van der Waals surface area (Å²) >= 11 is 0. The number of hydrogen-bond acceptors (Lipinski definition) is 3. The molecule has 0 amide bonds. The molecule has 0 aromatic carbocycles. The summed E-state index contributed by atoms with van der Waals surface area (Å²) in [5.74, 6) is 0.625. The molecule has 0 saturated carbocycles. The smallest absolute Gasteiger partial charge is 0.0868 e. The lowest BCUT2D eigenvalue weighted by molar-refractivity contribution is 0.0780. The quantitative estimate of drug-likeness (QED) is 0.708. The molecule has 14 heavy (non-hydrogen) atoms. The molecule has 0 N–H and O–H groups in total. The first kappa shape index (κ1) is 10.1. The van der Waals surface area contributed by atoms with Crippen molar-refractivity contribution in [1.82, 2.24) is 0 Å². The van der Waals surface area contributed by atoms with Gasteiger partial charge in [0.1, 0.15) is 0 Å². The highest BCUT2D eigenvalue weighted by Gasteiger charge is 2.52.